The van der Waals surface area contributed by atoms with Crippen LogP contribution in [0.15, 0.2) is 34.4 Å². The molecule has 0 aliphatic heterocycles. The van der Waals surface area contributed by atoms with Crippen molar-refractivity contribution in [3.05, 3.63) is 50.3 Å². The first kappa shape index (κ1) is 18.4. The van der Waals surface area contributed by atoms with Crippen molar-refractivity contribution in [2.24, 2.45) is 5.10 Å². The van der Waals surface area contributed by atoms with E-state index in [1.807, 2.05) is 19.9 Å². The molecule has 0 N–H and O–H groups in total. The van der Waals surface area contributed by atoms with Crippen molar-refractivity contribution in [1.82, 2.24) is 9.66 Å². The molecular weight excluding hydrogens is 374 g/mol. The quantitative estimate of drug-likeness (QED) is 0.596. The average molecular weight is 392 g/mol. The molecule has 0 atom stereocenters. The normalized spacial score (nSPS) is 11.4. The van der Waals surface area contributed by atoms with Gasteiger partial charge in [-0.15, -0.1) is 11.3 Å². The zero-order chi connectivity index (χ0) is 18.7. The number of fused-ring (bicyclic) bond motifs is 1. The van der Waals surface area contributed by atoms with Gasteiger partial charge in [0.25, 0.3) is 5.56 Å². The lowest BCUT2D eigenvalue weighted by Gasteiger charge is -2.11. The van der Waals surface area contributed by atoms with Crippen molar-refractivity contribution >= 4 is 39.4 Å². The van der Waals surface area contributed by atoms with Gasteiger partial charge in [-0.2, -0.15) is 9.78 Å². The third-order valence-corrected chi connectivity index (χ3v) is 5.17. The Morgan fingerprint density at radius 3 is 2.85 bits per heavy atom. The number of rotatable bonds is 6. The van der Waals surface area contributed by atoms with Crippen molar-refractivity contribution in [2.45, 2.75) is 20.3 Å². The monoisotopic (exact) mass is 391 g/mol. The SMILES string of the molecule is CCOc1c(Cl)cc(/C=N\n2cnc3sc(CC)cc3c2=O)cc1OC. The molecule has 136 valence electrons. The van der Waals surface area contributed by atoms with Crippen molar-refractivity contribution in [3.63, 3.8) is 0 Å². The number of hydrogen-bond donors (Lipinski definition) is 0. The summed E-state index contributed by atoms with van der Waals surface area (Å²) in [6, 6.07) is 5.32. The highest BCUT2D eigenvalue weighted by Gasteiger charge is 2.11. The molecule has 3 aromatic rings. The van der Waals surface area contributed by atoms with Gasteiger partial charge in [-0.3, -0.25) is 4.79 Å². The lowest BCUT2D eigenvalue weighted by atomic mass is 10.2. The maximum atomic E-state index is 12.6. The highest BCUT2D eigenvalue weighted by atomic mass is 35.5. The molecule has 0 radical (unpaired) electrons. The van der Waals surface area contributed by atoms with Crippen molar-refractivity contribution in [1.29, 1.82) is 0 Å². The van der Waals surface area contributed by atoms with Gasteiger partial charge >= 0.3 is 0 Å². The van der Waals surface area contributed by atoms with Gasteiger partial charge in [-0.05, 0) is 37.1 Å². The Balaban J connectivity index is 1.97. The minimum atomic E-state index is -0.203. The third-order valence-electron chi connectivity index (χ3n) is 3.71. The largest absolute Gasteiger partial charge is 0.493 e. The number of aryl methyl sites for hydroxylation is 1. The predicted octanol–water partition coefficient (Wildman–Crippen LogP) is 3.96. The van der Waals surface area contributed by atoms with Gasteiger partial charge < -0.3 is 9.47 Å². The van der Waals surface area contributed by atoms with Crippen LogP contribution in [-0.4, -0.2) is 29.6 Å². The summed E-state index contributed by atoms with van der Waals surface area (Å²) in [4.78, 5) is 18.7. The molecule has 8 heteroatoms. The number of thiophene rings is 1. The molecule has 0 fully saturated rings. The van der Waals surface area contributed by atoms with Gasteiger partial charge in [0.05, 0.1) is 30.3 Å². The lowest BCUT2D eigenvalue weighted by molar-refractivity contribution is 0.311. The van der Waals surface area contributed by atoms with E-state index in [1.54, 1.807) is 19.2 Å². The molecule has 0 bridgehead atoms. The first-order valence-electron chi connectivity index (χ1n) is 8.12. The average Bonchev–Trinajstić information content (AvgIpc) is 3.07. The summed E-state index contributed by atoms with van der Waals surface area (Å²) in [5.41, 5.74) is 0.480. The standard InChI is InChI=1S/C18H18ClN3O3S/c1-4-12-8-13-17(26-12)20-10-22(18(13)23)21-9-11-6-14(19)16(25-5-2)15(7-11)24-3/h6-10H,4-5H2,1-3H3/b21-9-. The molecule has 0 aliphatic carbocycles. The second-order valence-corrected chi connectivity index (χ2v) is 6.91. The number of methoxy groups -OCH3 is 1. The summed E-state index contributed by atoms with van der Waals surface area (Å²) in [5, 5.41) is 5.21. The summed E-state index contributed by atoms with van der Waals surface area (Å²) in [7, 11) is 1.54. The van der Waals surface area contributed by atoms with Crippen LogP contribution in [0.2, 0.25) is 5.02 Å². The fraction of sp³-hybridized carbons (Fsp3) is 0.278. The second kappa shape index (κ2) is 7.88. The Morgan fingerprint density at radius 2 is 2.15 bits per heavy atom. The maximum absolute atomic E-state index is 12.6. The van der Waals surface area contributed by atoms with E-state index in [4.69, 9.17) is 21.1 Å². The minimum absolute atomic E-state index is 0.203. The van der Waals surface area contributed by atoms with Crippen molar-refractivity contribution in [2.75, 3.05) is 13.7 Å². The number of ether oxygens (including phenoxy) is 2. The first-order chi connectivity index (χ1) is 12.6. The number of nitrogens with zero attached hydrogens (tertiary/aromatic N) is 3. The number of hydrogen-bond acceptors (Lipinski definition) is 6. The van der Waals surface area contributed by atoms with E-state index >= 15 is 0 Å². The molecule has 0 unspecified atom stereocenters. The van der Waals surface area contributed by atoms with Gasteiger partial charge in [-0.25, -0.2) is 4.98 Å². The summed E-state index contributed by atoms with van der Waals surface area (Å²) >= 11 is 7.78. The van der Waals surface area contributed by atoms with Crippen LogP contribution in [0, 0.1) is 0 Å². The van der Waals surface area contributed by atoms with Crippen LogP contribution in [0.5, 0.6) is 11.5 Å². The maximum Gasteiger partial charge on any atom is 0.282 e. The topological polar surface area (TPSA) is 65.7 Å². The Kier molecular flexibility index (Phi) is 5.58. The molecule has 26 heavy (non-hydrogen) atoms. The Labute approximate surface area is 159 Å². The summed E-state index contributed by atoms with van der Waals surface area (Å²) in [5.74, 6) is 0.992. The molecule has 2 aromatic heterocycles. The molecule has 3 rings (SSSR count). The van der Waals surface area contributed by atoms with Crippen LogP contribution < -0.4 is 15.0 Å². The summed E-state index contributed by atoms with van der Waals surface area (Å²) in [6.07, 6.45) is 3.82. The van der Waals surface area contributed by atoms with Crippen LogP contribution in [0.1, 0.15) is 24.3 Å². The van der Waals surface area contributed by atoms with Gasteiger partial charge in [0.15, 0.2) is 11.5 Å². The van der Waals surface area contributed by atoms with Gasteiger partial charge in [-0.1, -0.05) is 18.5 Å². The smallest absolute Gasteiger partial charge is 0.282 e. The van der Waals surface area contributed by atoms with Gasteiger partial charge in [0, 0.05) is 4.88 Å². The zero-order valence-corrected chi connectivity index (χ0v) is 16.2. The van der Waals surface area contributed by atoms with E-state index in [-0.39, 0.29) is 5.56 Å². The summed E-state index contributed by atoms with van der Waals surface area (Å²) in [6.45, 7) is 4.39. The lowest BCUT2D eigenvalue weighted by Crippen LogP contribution is -2.16. The fourth-order valence-corrected chi connectivity index (χ4v) is 3.65. The predicted molar refractivity (Wildman–Crippen MR) is 105 cm³/mol. The van der Waals surface area contributed by atoms with Gasteiger partial charge in [0.2, 0.25) is 0 Å². The highest BCUT2D eigenvalue weighted by molar-refractivity contribution is 7.18. The minimum Gasteiger partial charge on any atom is -0.493 e. The van der Waals surface area contributed by atoms with Crippen LogP contribution in [0.25, 0.3) is 10.2 Å². The van der Waals surface area contributed by atoms with E-state index < -0.39 is 0 Å². The second-order valence-electron chi connectivity index (χ2n) is 5.39. The summed E-state index contributed by atoms with van der Waals surface area (Å²) < 4.78 is 12.0. The van der Waals surface area contributed by atoms with Gasteiger partial charge in [0.1, 0.15) is 11.2 Å². The third kappa shape index (κ3) is 3.59. The molecule has 0 saturated carbocycles. The van der Waals surface area contributed by atoms with Crippen LogP contribution in [-0.2, 0) is 6.42 Å². The fourth-order valence-electron chi connectivity index (χ4n) is 2.45. The van der Waals surface area contributed by atoms with Crippen molar-refractivity contribution < 1.29 is 9.47 Å². The molecular formula is C18H18ClN3O3S. The number of halogens is 1. The molecule has 1 aromatic carbocycles. The Hall–Kier alpha value is -2.38. The zero-order valence-electron chi connectivity index (χ0n) is 14.7. The van der Waals surface area contributed by atoms with Crippen molar-refractivity contribution in [3.8, 4) is 11.5 Å². The number of benzene rings is 1. The molecule has 0 saturated heterocycles. The van der Waals surface area contributed by atoms with Crippen LogP contribution in [0.4, 0.5) is 0 Å². The van der Waals surface area contributed by atoms with E-state index in [2.05, 4.69) is 10.1 Å². The Bertz CT molecular complexity index is 1030. The molecule has 0 spiro atoms. The Morgan fingerprint density at radius 1 is 1.35 bits per heavy atom. The van der Waals surface area contributed by atoms with Crippen LogP contribution >= 0.6 is 22.9 Å². The molecule has 2 heterocycles. The van der Waals surface area contributed by atoms with E-state index in [9.17, 15) is 4.79 Å². The first-order valence-corrected chi connectivity index (χ1v) is 9.31. The van der Waals surface area contributed by atoms with E-state index in [0.717, 1.165) is 16.1 Å². The number of aromatic nitrogens is 2. The van der Waals surface area contributed by atoms with E-state index in [1.165, 1.54) is 28.6 Å². The highest BCUT2D eigenvalue weighted by Crippen LogP contribution is 2.36. The van der Waals surface area contributed by atoms with E-state index in [0.29, 0.717) is 34.1 Å². The molecule has 0 aliphatic rings. The van der Waals surface area contributed by atoms with Crippen LogP contribution in [0.3, 0.4) is 0 Å². The molecule has 0 amide bonds. The molecule has 6 nitrogen and oxygen atoms in total.